The molecular formula is C27H28N4O7. The summed E-state index contributed by atoms with van der Waals surface area (Å²) in [7, 11) is 3.07. The number of nitrogens with zero attached hydrogens (tertiary/aromatic N) is 4. The van der Waals surface area contributed by atoms with Crippen molar-refractivity contribution in [1.29, 1.82) is 0 Å². The number of hydrogen-bond donors (Lipinski definition) is 1. The Labute approximate surface area is 219 Å². The molecule has 11 heteroatoms. The molecule has 11 nitrogen and oxygen atoms in total. The van der Waals surface area contributed by atoms with E-state index in [9.17, 15) is 14.7 Å². The fourth-order valence-electron chi connectivity index (χ4n) is 4.41. The molecule has 1 N–H and O–H groups in total. The van der Waals surface area contributed by atoms with E-state index in [1.54, 1.807) is 25.2 Å². The Morgan fingerprint density at radius 2 is 2.21 bits per heavy atom. The molecule has 1 aromatic heterocycles. The van der Waals surface area contributed by atoms with Crippen LogP contribution in [0.15, 0.2) is 72.4 Å². The van der Waals surface area contributed by atoms with Crippen LogP contribution in [-0.2, 0) is 19.0 Å². The second kappa shape index (κ2) is 10.9. The predicted octanol–water partition coefficient (Wildman–Crippen LogP) is 3.30. The van der Waals surface area contributed by atoms with Crippen molar-refractivity contribution < 1.29 is 33.6 Å². The third kappa shape index (κ3) is 5.32. The van der Waals surface area contributed by atoms with Crippen molar-refractivity contribution in [1.82, 2.24) is 19.8 Å². The minimum atomic E-state index is -1.01. The minimum Gasteiger partial charge on any atom is -0.480 e. The van der Waals surface area contributed by atoms with Crippen LogP contribution >= 0.6 is 0 Å². The highest BCUT2D eigenvalue weighted by atomic mass is 16.6. The van der Waals surface area contributed by atoms with Crippen LogP contribution in [0.5, 0.6) is 5.88 Å². The van der Waals surface area contributed by atoms with Gasteiger partial charge in [0.25, 0.3) is 0 Å². The largest absolute Gasteiger partial charge is 0.480 e. The summed E-state index contributed by atoms with van der Waals surface area (Å²) in [5.74, 6) is 0.770. The summed E-state index contributed by atoms with van der Waals surface area (Å²) in [5, 5.41) is 10.9. The van der Waals surface area contributed by atoms with Crippen LogP contribution < -0.4 is 4.74 Å². The van der Waals surface area contributed by atoms with Gasteiger partial charge < -0.3 is 29.0 Å². The lowest BCUT2D eigenvalue weighted by Gasteiger charge is -2.23. The van der Waals surface area contributed by atoms with Gasteiger partial charge >= 0.3 is 6.09 Å². The van der Waals surface area contributed by atoms with E-state index in [2.05, 4.69) is 16.0 Å². The molecular weight excluding hydrogens is 492 g/mol. The molecule has 38 heavy (non-hydrogen) atoms. The first-order valence-corrected chi connectivity index (χ1v) is 12.2. The van der Waals surface area contributed by atoms with Gasteiger partial charge in [0.2, 0.25) is 17.7 Å². The number of ether oxygens (including phenoxy) is 4. The zero-order chi connectivity index (χ0) is 26.6. The molecule has 2 aromatic rings. The van der Waals surface area contributed by atoms with Crippen LogP contribution in [0, 0.1) is 0 Å². The number of aromatic nitrogens is 2. The van der Waals surface area contributed by atoms with E-state index >= 15 is 0 Å². The molecule has 198 valence electrons. The summed E-state index contributed by atoms with van der Waals surface area (Å²) in [6.45, 7) is 0.141. The zero-order valence-electron chi connectivity index (χ0n) is 21.1. The van der Waals surface area contributed by atoms with Crippen LogP contribution in [0.2, 0.25) is 0 Å². The fraction of sp³-hybridized carbons (Fsp3) is 0.333. The van der Waals surface area contributed by atoms with Gasteiger partial charge in [-0.15, -0.1) is 0 Å². The lowest BCUT2D eigenvalue weighted by Crippen LogP contribution is -2.34. The molecule has 5 rings (SSSR count). The van der Waals surface area contributed by atoms with Gasteiger partial charge in [0.1, 0.15) is 12.4 Å². The van der Waals surface area contributed by atoms with Gasteiger partial charge in [-0.3, -0.25) is 4.79 Å². The van der Waals surface area contributed by atoms with Gasteiger partial charge in [-0.1, -0.05) is 30.4 Å². The number of carbonyl (C=O) groups is 2. The van der Waals surface area contributed by atoms with Crippen molar-refractivity contribution >= 4 is 23.0 Å². The Morgan fingerprint density at radius 1 is 1.34 bits per heavy atom. The van der Waals surface area contributed by atoms with Gasteiger partial charge in [0, 0.05) is 12.6 Å². The number of hydrogen-bond acceptors (Lipinski definition) is 9. The Balaban J connectivity index is 1.18. The first-order chi connectivity index (χ1) is 18.4. The van der Waals surface area contributed by atoms with Gasteiger partial charge in [-0.25, -0.2) is 19.7 Å². The number of para-hydroxylation sites is 1. The number of likely N-dealkylation sites (N-methyl/N-ethyl adjacent to an activating group) is 1. The Bertz CT molecular complexity index is 1370. The number of amides is 2. The smallest absolute Gasteiger partial charge is 0.417 e. The number of aliphatic hydroxyl groups is 1. The van der Waals surface area contributed by atoms with Gasteiger partial charge in [0.15, 0.2) is 12.0 Å². The Kier molecular flexibility index (Phi) is 7.27. The van der Waals surface area contributed by atoms with E-state index in [0.717, 1.165) is 18.4 Å². The van der Waals surface area contributed by atoms with Crippen LogP contribution in [-0.4, -0.2) is 70.2 Å². The van der Waals surface area contributed by atoms with E-state index < -0.39 is 18.3 Å². The van der Waals surface area contributed by atoms with Crippen molar-refractivity contribution in [3.05, 3.63) is 77.9 Å². The van der Waals surface area contributed by atoms with Crippen LogP contribution in [0.3, 0.4) is 0 Å². The average Bonchev–Trinajstić information content (AvgIpc) is 3.32. The standard InChI is InChI=1S/C27H28N4O7/c1-30(14-21(32)19-9-6-10-20-26(19)29-23(35-2)12-28-20)24(33)11-18-13-31(27(34)37-18)25-16-36-15-22(38-25)17-7-4-3-5-8-17/h3-4,6-7,9-10,12,15-16,18,21,32H,5,8,11,13-14H2,1-2H3/t18-,21-/m1/s1. The minimum absolute atomic E-state index is 0.0149. The maximum absolute atomic E-state index is 12.9. The summed E-state index contributed by atoms with van der Waals surface area (Å²) < 4.78 is 21.9. The molecule has 1 fully saturated rings. The number of aliphatic hydroxyl groups excluding tert-OH is 1. The predicted molar refractivity (Wildman–Crippen MR) is 135 cm³/mol. The van der Waals surface area contributed by atoms with Gasteiger partial charge in [0.05, 0.1) is 50.0 Å². The molecule has 2 amide bonds. The van der Waals surface area contributed by atoms with Crippen LogP contribution in [0.25, 0.3) is 11.0 Å². The van der Waals surface area contributed by atoms with Crippen molar-refractivity contribution in [2.45, 2.75) is 31.5 Å². The molecule has 0 unspecified atom stereocenters. The number of fused-ring (bicyclic) bond motifs is 1. The van der Waals surface area contributed by atoms with E-state index in [0.29, 0.717) is 28.2 Å². The summed E-state index contributed by atoms with van der Waals surface area (Å²) in [6.07, 6.45) is 9.61. The number of benzene rings is 1. The van der Waals surface area contributed by atoms with Crippen molar-refractivity contribution in [2.75, 3.05) is 27.2 Å². The fourth-order valence-corrected chi connectivity index (χ4v) is 4.41. The van der Waals surface area contributed by atoms with Crippen molar-refractivity contribution in [2.24, 2.45) is 0 Å². The maximum Gasteiger partial charge on any atom is 0.417 e. The quantitative estimate of drug-likeness (QED) is 0.558. The number of cyclic esters (lactones) is 1. The molecule has 0 bridgehead atoms. The highest BCUT2D eigenvalue weighted by molar-refractivity contribution is 5.80. The molecule has 2 aliphatic heterocycles. The average molecular weight is 521 g/mol. The molecule has 1 saturated heterocycles. The third-order valence-electron chi connectivity index (χ3n) is 6.45. The lowest BCUT2D eigenvalue weighted by molar-refractivity contribution is -0.132. The molecule has 0 saturated carbocycles. The summed E-state index contributed by atoms with van der Waals surface area (Å²) in [4.78, 5) is 36.9. The second-order valence-electron chi connectivity index (χ2n) is 9.07. The third-order valence-corrected chi connectivity index (χ3v) is 6.45. The monoisotopic (exact) mass is 520 g/mol. The Hall–Kier alpha value is -4.38. The van der Waals surface area contributed by atoms with Crippen LogP contribution in [0.4, 0.5) is 4.79 Å². The summed E-state index contributed by atoms with van der Waals surface area (Å²) in [5.41, 5.74) is 2.60. The molecule has 1 aliphatic carbocycles. The van der Waals surface area contributed by atoms with Crippen molar-refractivity contribution in [3.63, 3.8) is 0 Å². The molecule has 3 heterocycles. The summed E-state index contributed by atoms with van der Waals surface area (Å²) >= 11 is 0. The molecule has 1 aromatic carbocycles. The number of allylic oxidation sites excluding steroid dienone is 4. The maximum atomic E-state index is 12.9. The highest BCUT2D eigenvalue weighted by Crippen LogP contribution is 2.30. The Morgan fingerprint density at radius 3 is 3.00 bits per heavy atom. The normalized spacial score (nSPS) is 19.6. The molecule has 2 atom stereocenters. The molecule has 0 radical (unpaired) electrons. The first-order valence-electron chi connectivity index (χ1n) is 12.2. The lowest BCUT2D eigenvalue weighted by atomic mass is 10.0. The molecule has 3 aliphatic rings. The number of carbonyl (C=O) groups excluding carboxylic acids is 2. The highest BCUT2D eigenvalue weighted by Gasteiger charge is 2.38. The molecule has 0 spiro atoms. The van der Waals surface area contributed by atoms with Gasteiger partial charge in [-0.05, 0) is 24.5 Å². The second-order valence-corrected chi connectivity index (χ2v) is 9.07. The van der Waals surface area contributed by atoms with Crippen molar-refractivity contribution in [3.8, 4) is 5.88 Å². The van der Waals surface area contributed by atoms with Gasteiger partial charge in [-0.2, -0.15) is 0 Å². The first kappa shape index (κ1) is 25.3. The number of methoxy groups -OCH3 is 1. The van der Waals surface area contributed by atoms with E-state index in [-0.39, 0.29) is 31.3 Å². The van der Waals surface area contributed by atoms with E-state index in [1.165, 1.54) is 35.6 Å². The SMILES string of the molecule is COc1cnc2cccc([C@H](O)CN(C)C(=O)C[C@@H]3CN(C4=COC=C(C5=CC=CCC5)O4)C(=O)O3)c2n1. The van der Waals surface area contributed by atoms with E-state index in [1.807, 2.05) is 12.2 Å². The zero-order valence-corrected chi connectivity index (χ0v) is 21.1. The van der Waals surface area contributed by atoms with E-state index in [4.69, 9.17) is 18.9 Å². The van der Waals surface area contributed by atoms with Crippen LogP contribution in [0.1, 0.15) is 30.9 Å². The topological polar surface area (TPSA) is 124 Å². The number of rotatable bonds is 8. The summed E-state index contributed by atoms with van der Waals surface area (Å²) in [6, 6.07) is 5.29.